The van der Waals surface area contributed by atoms with Crippen LogP contribution < -0.4 is 5.32 Å². The van der Waals surface area contributed by atoms with Crippen molar-refractivity contribution < 1.29 is 4.39 Å². The molecule has 2 atom stereocenters. The molecule has 0 aliphatic heterocycles. The van der Waals surface area contributed by atoms with E-state index in [2.05, 4.69) is 23.1 Å². The monoisotopic (exact) mass is 220 g/mol. The molecule has 0 saturated heterocycles. The van der Waals surface area contributed by atoms with Crippen molar-refractivity contribution in [1.82, 2.24) is 10.3 Å². The fourth-order valence-electron chi connectivity index (χ4n) is 1.53. The van der Waals surface area contributed by atoms with Gasteiger partial charge in [-0.15, -0.1) is 6.42 Å². The molecule has 86 valence electrons. The molecule has 1 heterocycles. The second-order valence-electron chi connectivity index (χ2n) is 3.80. The summed E-state index contributed by atoms with van der Waals surface area (Å²) in [7, 11) is 0. The van der Waals surface area contributed by atoms with Gasteiger partial charge in [-0.2, -0.15) is 0 Å². The molecule has 0 aromatic carbocycles. The predicted octanol–water partition coefficient (Wildman–Crippen LogP) is 2.67. The summed E-state index contributed by atoms with van der Waals surface area (Å²) in [5.41, 5.74) is 0.803. The number of terminal acetylenes is 1. The number of nitrogens with one attached hydrogen (secondary N) is 1. The van der Waals surface area contributed by atoms with Crippen molar-refractivity contribution in [2.45, 2.75) is 38.8 Å². The Balaban J connectivity index is 2.61. The predicted molar refractivity (Wildman–Crippen MR) is 63.3 cm³/mol. The number of hydrogen-bond donors (Lipinski definition) is 1. The van der Waals surface area contributed by atoms with Crippen LogP contribution in [0.15, 0.2) is 18.3 Å². The Hall–Kier alpha value is -1.40. The summed E-state index contributed by atoms with van der Waals surface area (Å²) < 4.78 is 12.7. The molecule has 0 amide bonds. The Morgan fingerprint density at radius 3 is 2.81 bits per heavy atom. The van der Waals surface area contributed by atoms with E-state index in [1.807, 2.05) is 6.92 Å². The first-order valence-electron chi connectivity index (χ1n) is 5.51. The lowest BCUT2D eigenvalue weighted by atomic mass is 10.1. The molecule has 0 aliphatic carbocycles. The Bertz CT molecular complexity index is 353. The molecule has 0 saturated carbocycles. The lowest BCUT2D eigenvalue weighted by Crippen LogP contribution is -2.30. The second-order valence-corrected chi connectivity index (χ2v) is 3.80. The van der Waals surface area contributed by atoms with Crippen LogP contribution in [0.5, 0.6) is 0 Å². The molecule has 1 N–H and O–H groups in total. The van der Waals surface area contributed by atoms with Crippen LogP contribution in [0.4, 0.5) is 4.39 Å². The summed E-state index contributed by atoms with van der Waals surface area (Å²) in [5.74, 6) is 2.38. The molecule has 0 radical (unpaired) electrons. The van der Waals surface area contributed by atoms with Gasteiger partial charge in [-0.25, -0.2) is 4.39 Å². The molecule has 3 heteroatoms. The first kappa shape index (κ1) is 12.7. The van der Waals surface area contributed by atoms with Crippen molar-refractivity contribution in [1.29, 1.82) is 0 Å². The van der Waals surface area contributed by atoms with Crippen LogP contribution in [0, 0.1) is 18.2 Å². The number of rotatable bonds is 5. The van der Waals surface area contributed by atoms with Crippen LogP contribution in [0.25, 0.3) is 0 Å². The van der Waals surface area contributed by atoms with Gasteiger partial charge in [0.15, 0.2) is 0 Å². The van der Waals surface area contributed by atoms with E-state index >= 15 is 0 Å². The van der Waals surface area contributed by atoms with Gasteiger partial charge in [0.2, 0.25) is 0 Å². The molecule has 0 aliphatic rings. The Labute approximate surface area is 96.3 Å². The van der Waals surface area contributed by atoms with E-state index < -0.39 is 0 Å². The maximum absolute atomic E-state index is 12.7. The maximum Gasteiger partial charge on any atom is 0.141 e. The summed E-state index contributed by atoms with van der Waals surface area (Å²) >= 11 is 0. The minimum atomic E-state index is -0.321. The van der Waals surface area contributed by atoms with Gasteiger partial charge in [-0.1, -0.05) is 19.3 Å². The van der Waals surface area contributed by atoms with Gasteiger partial charge in [0.1, 0.15) is 5.82 Å². The van der Waals surface area contributed by atoms with Gasteiger partial charge >= 0.3 is 0 Å². The normalized spacial score (nSPS) is 14.1. The third-order valence-electron chi connectivity index (χ3n) is 2.42. The average Bonchev–Trinajstić information content (AvgIpc) is 2.29. The van der Waals surface area contributed by atoms with Gasteiger partial charge in [0.05, 0.1) is 17.9 Å². The molecular formula is C13H17FN2. The van der Waals surface area contributed by atoms with Gasteiger partial charge in [-0.05, 0) is 25.5 Å². The third kappa shape index (κ3) is 3.63. The highest BCUT2D eigenvalue weighted by molar-refractivity contribution is 5.11. The Kier molecular flexibility index (Phi) is 4.94. The quantitative estimate of drug-likeness (QED) is 0.772. The molecule has 0 spiro atoms. The fourth-order valence-corrected chi connectivity index (χ4v) is 1.53. The summed E-state index contributed by atoms with van der Waals surface area (Å²) in [5, 5.41) is 3.28. The average molecular weight is 220 g/mol. The highest BCUT2D eigenvalue weighted by Crippen LogP contribution is 2.11. The molecule has 0 bridgehead atoms. The fraction of sp³-hybridized carbons (Fsp3) is 0.462. The van der Waals surface area contributed by atoms with E-state index in [4.69, 9.17) is 6.42 Å². The number of nitrogens with zero attached hydrogens (tertiary/aromatic N) is 1. The van der Waals surface area contributed by atoms with E-state index in [9.17, 15) is 4.39 Å². The lowest BCUT2D eigenvalue weighted by Gasteiger charge is -2.18. The van der Waals surface area contributed by atoms with Gasteiger partial charge in [-0.3, -0.25) is 10.3 Å². The number of aromatic nitrogens is 1. The van der Waals surface area contributed by atoms with E-state index in [0.29, 0.717) is 0 Å². The van der Waals surface area contributed by atoms with Crippen molar-refractivity contribution >= 4 is 0 Å². The third-order valence-corrected chi connectivity index (χ3v) is 2.42. The first-order chi connectivity index (χ1) is 7.67. The van der Waals surface area contributed by atoms with Crippen molar-refractivity contribution in [3.8, 4) is 12.3 Å². The van der Waals surface area contributed by atoms with Crippen molar-refractivity contribution in [2.75, 3.05) is 0 Å². The van der Waals surface area contributed by atoms with Gasteiger partial charge < -0.3 is 0 Å². The highest BCUT2D eigenvalue weighted by Gasteiger charge is 2.11. The zero-order valence-electron chi connectivity index (χ0n) is 9.70. The Morgan fingerprint density at radius 2 is 2.31 bits per heavy atom. The maximum atomic E-state index is 12.7. The van der Waals surface area contributed by atoms with Gasteiger partial charge in [0.25, 0.3) is 0 Å². The van der Waals surface area contributed by atoms with E-state index in [0.717, 1.165) is 18.5 Å². The van der Waals surface area contributed by atoms with E-state index in [-0.39, 0.29) is 17.9 Å². The topological polar surface area (TPSA) is 24.9 Å². The number of pyridine rings is 1. The van der Waals surface area contributed by atoms with E-state index in [1.165, 1.54) is 12.3 Å². The molecule has 1 rings (SSSR count). The largest absolute Gasteiger partial charge is 0.296 e. The van der Waals surface area contributed by atoms with E-state index in [1.54, 1.807) is 6.07 Å². The van der Waals surface area contributed by atoms with Crippen molar-refractivity contribution in [3.63, 3.8) is 0 Å². The van der Waals surface area contributed by atoms with Crippen LogP contribution in [-0.4, -0.2) is 11.0 Å². The molecule has 2 nitrogen and oxygen atoms in total. The summed E-state index contributed by atoms with van der Waals surface area (Å²) in [6, 6.07) is 3.16. The van der Waals surface area contributed by atoms with Crippen LogP contribution in [0.2, 0.25) is 0 Å². The minimum Gasteiger partial charge on any atom is -0.296 e. The van der Waals surface area contributed by atoms with Crippen LogP contribution in [0.3, 0.4) is 0 Å². The second kappa shape index (κ2) is 6.24. The smallest absolute Gasteiger partial charge is 0.141 e. The van der Waals surface area contributed by atoms with Gasteiger partial charge in [0, 0.05) is 6.04 Å². The standard InChI is InChI=1S/C13H17FN2/c1-4-6-12(5-2)16-10(3)13-8-7-11(14)9-15-13/h2,7-10,12,16H,4,6H2,1,3H3. The minimum absolute atomic E-state index is 0.0354. The molecular weight excluding hydrogens is 203 g/mol. The summed E-state index contributed by atoms with van der Waals surface area (Å²) in [6.45, 7) is 4.06. The lowest BCUT2D eigenvalue weighted by molar-refractivity contribution is 0.486. The molecule has 16 heavy (non-hydrogen) atoms. The Morgan fingerprint density at radius 1 is 1.56 bits per heavy atom. The molecule has 2 unspecified atom stereocenters. The summed E-state index contributed by atoms with van der Waals surface area (Å²) in [6.07, 6.45) is 8.60. The molecule has 0 fully saturated rings. The van der Waals surface area contributed by atoms with Crippen LogP contribution >= 0.6 is 0 Å². The van der Waals surface area contributed by atoms with Crippen LogP contribution in [0.1, 0.15) is 38.4 Å². The van der Waals surface area contributed by atoms with Crippen molar-refractivity contribution in [2.24, 2.45) is 0 Å². The molecule has 1 aromatic heterocycles. The SMILES string of the molecule is C#CC(CCC)NC(C)c1ccc(F)cn1. The molecule has 1 aromatic rings. The van der Waals surface area contributed by atoms with Crippen LogP contribution in [-0.2, 0) is 0 Å². The highest BCUT2D eigenvalue weighted by atomic mass is 19.1. The number of hydrogen-bond acceptors (Lipinski definition) is 2. The number of halogens is 1. The summed E-state index contributed by atoms with van der Waals surface area (Å²) in [4.78, 5) is 4.02. The first-order valence-corrected chi connectivity index (χ1v) is 5.51. The van der Waals surface area contributed by atoms with Crippen molar-refractivity contribution in [3.05, 3.63) is 29.8 Å². The zero-order chi connectivity index (χ0) is 12.0. The zero-order valence-corrected chi connectivity index (χ0v) is 9.70.